The maximum atomic E-state index is 13.8. The molecule has 12 heteroatoms. The Morgan fingerprint density at radius 2 is 1.95 bits per heavy atom. The zero-order chi connectivity index (χ0) is 26.6. The summed E-state index contributed by atoms with van der Waals surface area (Å²) in [4.78, 5) is 40.3. The number of oxazole rings is 1. The van der Waals surface area contributed by atoms with E-state index in [9.17, 15) is 32.7 Å². The number of aliphatic hydroxyl groups excluding tert-OH is 1. The SMILES string of the molecule is COC(=O)C1=CN(c2ccc3c(c2)oc(=O)n3C)C(=O)N(C2CCCc3c2cccc3C(F)(F)F)C1O. The van der Waals surface area contributed by atoms with E-state index in [0.29, 0.717) is 11.9 Å². The number of rotatable bonds is 3. The van der Waals surface area contributed by atoms with Crippen LogP contribution in [0.1, 0.15) is 35.6 Å². The summed E-state index contributed by atoms with van der Waals surface area (Å²) >= 11 is 0. The summed E-state index contributed by atoms with van der Waals surface area (Å²) in [5, 5.41) is 11.1. The number of esters is 1. The number of hydrogen-bond donors (Lipinski definition) is 1. The second kappa shape index (κ2) is 8.80. The molecule has 37 heavy (non-hydrogen) atoms. The minimum Gasteiger partial charge on any atom is -0.465 e. The summed E-state index contributed by atoms with van der Waals surface area (Å²) in [5.74, 6) is -1.53. The highest BCUT2D eigenvalue weighted by Crippen LogP contribution is 2.43. The van der Waals surface area contributed by atoms with E-state index in [1.54, 1.807) is 6.07 Å². The first-order valence-corrected chi connectivity index (χ1v) is 11.4. The van der Waals surface area contributed by atoms with Gasteiger partial charge < -0.3 is 14.3 Å². The van der Waals surface area contributed by atoms with E-state index in [1.807, 2.05) is 0 Å². The average Bonchev–Trinajstić information content (AvgIpc) is 3.15. The van der Waals surface area contributed by atoms with Crippen LogP contribution in [0, 0.1) is 0 Å². The number of amides is 2. The van der Waals surface area contributed by atoms with Gasteiger partial charge in [0.05, 0.1) is 29.9 Å². The molecule has 9 nitrogen and oxygen atoms in total. The molecule has 1 aromatic heterocycles. The summed E-state index contributed by atoms with van der Waals surface area (Å²) < 4.78 is 52.4. The molecule has 0 radical (unpaired) electrons. The second-order valence-electron chi connectivity index (χ2n) is 8.87. The predicted molar refractivity (Wildman–Crippen MR) is 124 cm³/mol. The fraction of sp³-hybridized carbons (Fsp3) is 0.320. The Kier molecular flexibility index (Phi) is 5.86. The number of benzene rings is 2. The Hall–Kier alpha value is -4.06. The number of aryl methyl sites for hydroxylation is 1. The van der Waals surface area contributed by atoms with Crippen LogP contribution in [0.25, 0.3) is 11.1 Å². The van der Waals surface area contributed by atoms with Crippen molar-refractivity contribution < 1.29 is 37.0 Å². The van der Waals surface area contributed by atoms with Crippen LogP contribution in [0.5, 0.6) is 0 Å². The largest absolute Gasteiger partial charge is 0.465 e. The van der Waals surface area contributed by atoms with Crippen molar-refractivity contribution in [2.45, 2.75) is 37.7 Å². The standard InChI is InChI=1S/C25H22F3N3O6/c1-29-19-10-9-13(11-20(19)37-24(29)35)30-12-16(22(33)36-2)21(32)31(23(30)34)18-8-4-5-14-15(18)6-3-7-17(14)25(26,27)28/h3,6-7,9-12,18,21,32H,4-5,8H2,1-2H3. The van der Waals surface area contributed by atoms with Gasteiger partial charge in [-0.05, 0) is 48.6 Å². The maximum Gasteiger partial charge on any atom is 0.419 e. The van der Waals surface area contributed by atoms with Crippen LogP contribution in [0.15, 0.2) is 57.4 Å². The topological polar surface area (TPSA) is 105 Å². The monoisotopic (exact) mass is 517 g/mol. The van der Waals surface area contributed by atoms with Crippen molar-refractivity contribution in [1.82, 2.24) is 9.47 Å². The van der Waals surface area contributed by atoms with Crippen molar-refractivity contribution in [3.63, 3.8) is 0 Å². The van der Waals surface area contributed by atoms with Crippen LogP contribution < -0.4 is 10.7 Å². The quantitative estimate of drug-likeness (QED) is 0.530. The molecular formula is C25H22F3N3O6. The fourth-order valence-corrected chi connectivity index (χ4v) is 5.05. The third-order valence-corrected chi connectivity index (χ3v) is 6.83. The summed E-state index contributed by atoms with van der Waals surface area (Å²) in [7, 11) is 2.63. The lowest BCUT2D eigenvalue weighted by molar-refractivity contribution is -0.139. The number of carbonyl (C=O) groups is 2. The molecule has 2 amide bonds. The number of carbonyl (C=O) groups excluding carboxylic acids is 2. The van der Waals surface area contributed by atoms with E-state index in [4.69, 9.17) is 9.15 Å². The van der Waals surface area contributed by atoms with Gasteiger partial charge in [0.1, 0.15) is 5.57 Å². The molecular weight excluding hydrogens is 495 g/mol. The van der Waals surface area contributed by atoms with Crippen LogP contribution in [-0.2, 0) is 29.2 Å². The molecule has 2 unspecified atom stereocenters. The third-order valence-electron chi connectivity index (χ3n) is 6.83. The number of hydrogen-bond acceptors (Lipinski definition) is 6. The van der Waals surface area contributed by atoms with Crippen molar-refractivity contribution in [3.8, 4) is 0 Å². The number of nitrogens with zero attached hydrogens (tertiary/aromatic N) is 3. The number of anilines is 1. The number of urea groups is 1. The summed E-state index contributed by atoms with van der Waals surface area (Å²) in [5.41, 5.74) is 0.0952. The van der Waals surface area contributed by atoms with E-state index >= 15 is 0 Å². The van der Waals surface area contributed by atoms with Crippen LogP contribution in [0.3, 0.4) is 0 Å². The van der Waals surface area contributed by atoms with Crippen molar-refractivity contribution >= 4 is 28.8 Å². The summed E-state index contributed by atoms with van der Waals surface area (Å²) in [6.45, 7) is 0. The molecule has 0 saturated carbocycles. The number of halogens is 3. The molecule has 1 aliphatic heterocycles. The summed E-state index contributed by atoms with van der Waals surface area (Å²) in [6, 6.07) is 6.54. The maximum absolute atomic E-state index is 13.8. The molecule has 0 saturated heterocycles. The number of aromatic nitrogens is 1. The third kappa shape index (κ3) is 3.97. The molecule has 2 aromatic carbocycles. The Labute approximate surface area is 207 Å². The highest BCUT2D eigenvalue weighted by molar-refractivity contribution is 6.02. The van der Waals surface area contributed by atoms with E-state index in [-0.39, 0.29) is 40.8 Å². The van der Waals surface area contributed by atoms with Gasteiger partial charge in [0.2, 0.25) is 0 Å². The smallest absolute Gasteiger partial charge is 0.419 e. The highest BCUT2D eigenvalue weighted by atomic mass is 19.4. The van der Waals surface area contributed by atoms with Crippen LogP contribution in [0.2, 0.25) is 0 Å². The lowest BCUT2D eigenvalue weighted by Gasteiger charge is -2.43. The van der Waals surface area contributed by atoms with E-state index in [2.05, 4.69) is 0 Å². The average molecular weight is 517 g/mol. The molecule has 3 aromatic rings. The normalized spacial score (nSPS) is 20.2. The minimum atomic E-state index is -4.59. The molecule has 2 heterocycles. The van der Waals surface area contributed by atoms with E-state index in [0.717, 1.165) is 29.2 Å². The molecule has 2 atom stereocenters. The van der Waals surface area contributed by atoms with Crippen molar-refractivity contribution in [3.05, 3.63) is 75.4 Å². The molecule has 0 fully saturated rings. The molecule has 0 spiro atoms. The van der Waals surface area contributed by atoms with Gasteiger partial charge in [-0.2, -0.15) is 13.2 Å². The predicted octanol–water partition coefficient (Wildman–Crippen LogP) is 3.85. The Morgan fingerprint density at radius 1 is 1.19 bits per heavy atom. The lowest BCUT2D eigenvalue weighted by Crippen LogP contribution is -2.54. The molecule has 1 N–H and O–H groups in total. The van der Waals surface area contributed by atoms with Crippen LogP contribution in [-0.4, -0.2) is 39.9 Å². The first kappa shape index (κ1) is 24.6. The first-order chi connectivity index (χ1) is 17.5. The number of ether oxygens (including phenoxy) is 1. The van der Waals surface area contributed by atoms with Gasteiger partial charge in [-0.3, -0.25) is 14.4 Å². The van der Waals surface area contributed by atoms with E-state index in [1.165, 1.54) is 35.9 Å². The minimum absolute atomic E-state index is 0.0550. The second-order valence-corrected chi connectivity index (χ2v) is 8.87. The molecule has 194 valence electrons. The van der Waals surface area contributed by atoms with Gasteiger partial charge >= 0.3 is 23.9 Å². The lowest BCUT2D eigenvalue weighted by atomic mass is 9.83. The van der Waals surface area contributed by atoms with Crippen LogP contribution >= 0.6 is 0 Å². The first-order valence-electron chi connectivity index (χ1n) is 11.4. The number of alkyl halides is 3. The van der Waals surface area contributed by atoms with Gasteiger partial charge in [0.25, 0.3) is 0 Å². The molecule has 1 aliphatic carbocycles. The Bertz CT molecular complexity index is 1510. The highest BCUT2D eigenvalue weighted by Gasteiger charge is 2.44. The molecule has 5 rings (SSSR count). The fourth-order valence-electron chi connectivity index (χ4n) is 5.05. The van der Waals surface area contributed by atoms with Crippen molar-refractivity contribution in [2.75, 3.05) is 12.0 Å². The van der Waals surface area contributed by atoms with E-state index < -0.39 is 41.8 Å². The number of aliphatic hydroxyl groups is 1. The van der Waals surface area contributed by atoms with Gasteiger partial charge in [-0.25, -0.2) is 14.4 Å². The van der Waals surface area contributed by atoms with Gasteiger partial charge in [0.15, 0.2) is 11.8 Å². The van der Waals surface area contributed by atoms with Crippen LogP contribution in [0.4, 0.5) is 23.7 Å². The number of fused-ring (bicyclic) bond motifs is 2. The van der Waals surface area contributed by atoms with Gasteiger partial charge in [0, 0.05) is 19.3 Å². The zero-order valence-electron chi connectivity index (χ0n) is 19.8. The van der Waals surface area contributed by atoms with Crippen molar-refractivity contribution in [2.24, 2.45) is 7.05 Å². The van der Waals surface area contributed by atoms with Crippen molar-refractivity contribution in [1.29, 1.82) is 0 Å². The number of methoxy groups -OCH3 is 1. The molecule has 2 aliphatic rings. The zero-order valence-corrected chi connectivity index (χ0v) is 19.8. The molecule has 0 bridgehead atoms. The Morgan fingerprint density at radius 3 is 2.65 bits per heavy atom. The van der Waals surface area contributed by atoms with Gasteiger partial charge in [-0.15, -0.1) is 0 Å². The Balaban J connectivity index is 1.64. The van der Waals surface area contributed by atoms with Gasteiger partial charge in [-0.1, -0.05) is 12.1 Å². The summed E-state index contributed by atoms with van der Waals surface area (Å²) in [6.07, 6.45) is -4.47.